The number of anilines is 2. The molecule has 1 amide bonds. The van der Waals surface area contributed by atoms with Gasteiger partial charge in [-0.2, -0.15) is 0 Å². The van der Waals surface area contributed by atoms with Crippen LogP contribution in [0.4, 0.5) is 11.4 Å². The third-order valence-electron chi connectivity index (χ3n) is 4.82. The number of likely N-dealkylation sites (N-methyl/N-ethyl adjacent to an activating group) is 1. The molecule has 0 radical (unpaired) electrons. The van der Waals surface area contributed by atoms with Crippen LogP contribution >= 0.6 is 11.6 Å². The molecule has 0 bridgehead atoms. The lowest BCUT2D eigenvalue weighted by Crippen LogP contribution is -2.46. The lowest BCUT2D eigenvalue weighted by molar-refractivity contribution is -0.118. The second-order valence-electron chi connectivity index (χ2n) is 6.71. The van der Waals surface area contributed by atoms with Crippen molar-refractivity contribution in [2.24, 2.45) is 0 Å². The predicted octanol–water partition coefficient (Wildman–Crippen LogP) is 3.81. The van der Waals surface area contributed by atoms with Crippen LogP contribution in [0.2, 0.25) is 5.02 Å². The third kappa shape index (κ3) is 5.37. The summed E-state index contributed by atoms with van der Waals surface area (Å²) >= 11 is 5.84. The highest BCUT2D eigenvalue weighted by atomic mass is 35.5. The highest BCUT2D eigenvalue weighted by molar-refractivity contribution is 6.30. The van der Waals surface area contributed by atoms with Crippen LogP contribution in [0, 0.1) is 6.92 Å². The maximum atomic E-state index is 12.1. The number of nitrogens with one attached hydrogen (secondary N) is 1. The number of ether oxygens (including phenoxy) is 1. The summed E-state index contributed by atoms with van der Waals surface area (Å²) in [6.07, 6.45) is 0. The molecule has 0 unspecified atom stereocenters. The minimum atomic E-state index is -0.186. The zero-order valence-corrected chi connectivity index (χ0v) is 16.6. The zero-order chi connectivity index (χ0) is 19.2. The predicted molar refractivity (Wildman–Crippen MR) is 111 cm³/mol. The van der Waals surface area contributed by atoms with Gasteiger partial charge in [-0.05, 0) is 61.5 Å². The van der Waals surface area contributed by atoms with E-state index in [1.807, 2.05) is 12.1 Å². The maximum absolute atomic E-state index is 12.1. The fourth-order valence-electron chi connectivity index (χ4n) is 3.27. The summed E-state index contributed by atoms with van der Waals surface area (Å²) in [4.78, 5) is 17.0. The molecule has 0 spiro atoms. The van der Waals surface area contributed by atoms with Gasteiger partial charge in [-0.3, -0.25) is 4.79 Å². The van der Waals surface area contributed by atoms with Gasteiger partial charge < -0.3 is 19.9 Å². The number of hydrogen-bond donors (Lipinski definition) is 1. The minimum Gasteiger partial charge on any atom is -0.484 e. The van der Waals surface area contributed by atoms with Crippen LogP contribution in [0.5, 0.6) is 5.75 Å². The Kier molecular flexibility index (Phi) is 6.58. The molecule has 1 N–H and O–H groups in total. The van der Waals surface area contributed by atoms with E-state index in [4.69, 9.17) is 16.3 Å². The van der Waals surface area contributed by atoms with Gasteiger partial charge in [0.15, 0.2) is 6.61 Å². The Bertz CT molecular complexity index is 771. The van der Waals surface area contributed by atoms with Crippen LogP contribution in [-0.2, 0) is 4.79 Å². The van der Waals surface area contributed by atoms with Gasteiger partial charge in [-0.1, -0.05) is 18.5 Å². The van der Waals surface area contributed by atoms with Crippen LogP contribution in [-0.4, -0.2) is 50.1 Å². The van der Waals surface area contributed by atoms with E-state index in [1.165, 1.54) is 5.69 Å². The van der Waals surface area contributed by atoms with Crippen molar-refractivity contribution in [1.82, 2.24) is 4.90 Å². The molecule has 27 heavy (non-hydrogen) atoms. The van der Waals surface area contributed by atoms with Crippen LogP contribution < -0.4 is 15.0 Å². The fourth-order valence-corrected chi connectivity index (χ4v) is 3.40. The summed E-state index contributed by atoms with van der Waals surface area (Å²) in [6.45, 7) is 9.62. The second-order valence-corrected chi connectivity index (χ2v) is 7.15. The average molecular weight is 388 g/mol. The monoisotopic (exact) mass is 387 g/mol. The summed E-state index contributed by atoms with van der Waals surface area (Å²) in [7, 11) is 0. The minimum absolute atomic E-state index is 0.0403. The fraction of sp³-hybridized carbons (Fsp3) is 0.381. The first-order valence-corrected chi connectivity index (χ1v) is 9.69. The quantitative estimate of drug-likeness (QED) is 0.818. The van der Waals surface area contributed by atoms with Crippen molar-refractivity contribution in [3.63, 3.8) is 0 Å². The number of benzene rings is 2. The van der Waals surface area contributed by atoms with E-state index in [0.29, 0.717) is 10.8 Å². The van der Waals surface area contributed by atoms with Crippen molar-refractivity contribution in [3.8, 4) is 5.75 Å². The van der Waals surface area contributed by atoms with Gasteiger partial charge in [0.05, 0.1) is 0 Å². The molecule has 0 atom stereocenters. The normalized spacial score (nSPS) is 14.9. The number of halogens is 1. The zero-order valence-electron chi connectivity index (χ0n) is 15.9. The van der Waals surface area contributed by atoms with Gasteiger partial charge in [0, 0.05) is 42.6 Å². The number of rotatable bonds is 6. The molecule has 5 nitrogen and oxygen atoms in total. The Hall–Kier alpha value is -2.24. The first-order chi connectivity index (χ1) is 13.0. The maximum Gasteiger partial charge on any atom is 0.262 e. The van der Waals surface area contributed by atoms with Gasteiger partial charge in [0.2, 0.25) is 0 Å². The molecule has 0 aromatic heterocycles. The standard InChI is InChI=1S/C21H26ClN3O2/c1-3-24-10-12-25(13-11-24)20-9-6-18(14-16(20)2)23-21(26)15-27-19-7-4-17(22)5-8-19/h4-9,14H,3,10-13,15H2,1-2H3,(H,23,26). The largest absolute Gasteiger partial charge is 0.484 e. The Morgan fingerprint density at radius 2 is 1.81 bits per heavy atom. The van der Waals surface area contributed by atoms with E-state index in [9.17, 15) is 4.79 Å². The summed E-state index contributed by atoms with van der Waals surface area (Å²) in [5.74, 6) is 0.431. The Morgan fingerprint density at radius 3 is 2.44 bits per heavy atom. The van der Waals surface area contributed by atoms with E-state index in [-0.39, 0.29) is 12.5 Å². The molecular weight excluding hydrogens is 362 g/mol. The Balaban J connectivity index is 1.54. The van der Waals surface area contributed by atoms with Gasteiger partial charge >= 0.3 is 0 Å². The lowest BCUT2D eigenvalue weighted by Gasteiger charge is -2.36. The molecule has 1 aliphatic rings. The lowest BCUT2D eigenvalue weighted by atomic mass is 10.1. The number of piperazine rings is 1. The third-order valence-corrected chi connectivity index (χ3v) is 5.08. The number of aryl methyl sites for hydroxylation is 1. The van der Waals surface area contributed by atoms with Crippen LogP contribution in [0.1, 0.15) is 12.5 Å². The van der Waals surface area contributed by atoms with E-state index in [0.717, 1.165) is 44.0 Å². The van der Waals surface area contributed by atoms with E-state index in [1.54, 1.807) is 24.3 Å². The second kappa shape index (κ2) is 9.11. The number of carbonyl (C=O) groups excluding carboxylic acids is 1. The molecule has 2 aromatic carbocycles. The molecule has 1 fully saturated rings. The molecule has 6 heteroatoms. The van der Waals surface area contributed by atoms with Crippen molar-refractivity contribution in [1.29, 1.82) is 0 Å². The first-order valence-electron chi connectivity index (χ1n) is 9.31. The van der Waals surface area contributed by atoms with Gasteiger partial charge in [0.25, 0.3) is 5.91 Å². The molecule has 1 aliphatic heterocycles. The summed E-state index contributed by atoms with van der Waals surface area (Å²) in [5.41, 5.74) is 3.19. The molecule has 1 saturated heterocycles. The van der Waals surface area contributed by atoms with Crippen molar-refractivity contribution in [2.75, 3.05) is 49.5 Å². The highest BCUT2D eigenvalue weighted by Crippen LogP contribution is 2.25. The van der Waals surface area contributed by atoms with Crippen molar-refractivity contribution < 1.29 is 9.53 Å². The van der Waals surface area contributed by atoms with Crippen LogP contribution in [0.25, 0.3) is 0 Å². The number of amides is 1. The topological polar surface area (TPSA) is 44.8 Å². The SMILES string of the molecule is CCN1CCN(c2ccc(NC(=O)COc3ccc(Cl)cc3)cc2C)CC1. The van der Waals surface area contributed by atoms with Crippen LogP contribution in [0.3, 0.4) is 0 Å². The average Bonchev–Trinajstić information content (AvgIpc) is 2.68. The van der Waals surface area contributed by atoms with E-state index in [2.05, 4.69) is 35.0 Å². The van der Waals surface area contributed by atoms with Crippen LogP contribution in [0.15, 0.2) is 42.5 Å². The number of hydrogen-bond acceptors (Lipinski definition) is 4. The molecular formula is C21H26ClN3O2. The molecule has 2 aromatic rings. The van der Waals surface area contributed by atoms with Crippen molar-refractivity contribution in [3.05, 3.63) is 53.1 Å². The number of nitrogens with zero attached hydrogens (tertiary/aromatic N) is 2. The van der Waals surface area contributed by atoms with Gasteiger partial charge in [-0.15, -0.1) is 0 Å². The summed E-state index contributed by atoms with van der Waals surface area (Å²) in [5, 5.41) is 3.53. The summed E-state index contributed by atoms with van der Waals surface area (Å²) in [6, 6.07) is 13.0. The highest BCUT2D eigenvalue weighted by Gasteiger charge is 2.17. The van der Waals surface area contributed by atoms with Gasteiger partial charge in [0.1, 0.15) is 5.75 Å². The first kappa shape index (κ1) is 19.5. The van der Waals surface area contributed by atoms with Gasteiger partial charge in [-0.25, -0.2) is 0 Å². The van der Waals surface area contributed by atoms with Crippen molar-refractivity contribution in [2.45, 2.75) is 13.8 Å². The van der Waals surface area contributed by atoms with E-state index < -0.39 is 0 Å². The van der Waals surface area contributed by atoms with Crippen molar-refractivity contribution >= 4 is 28.9 Å². The van der Waals surface area contributed by atoms with E-state index >= 15 is 0 Å². The Morgan fingerprint density at radius 1 is 1.11 bits per heavy atom. The smallest absolute Gasteiger partial charge is 0.262 e. The molecule has 0 saturated carbocycles. The molecule has 0 aliphatic carbocycles. The Labute approximate surface area is 165 Å². The number of carbonyl (C=O) groups is 1. The summed E-state index contributed by atoms with van der Waals surface area (Å²) < 4.78 is 5.48. The molecule has 1 heterocycles. The molecule has 3 rings (SSSR count). The molecule has 144 valence electrons.